The first-order chi connectivity index (χ1) is 10.3. The number of hydrogen-bond acceptors (Lipinski definition) is 3. The van der Waals surface area contributed by atoms with Crippen molar-refractivity contribution in [3.05, 3.63) is 29.6 Å². The van der Waals surface area contributed by atoms with E-state index in [0.717, 1.165) is 31.7 Å². The van der Waals surface area contributed by atoms with E-state index in [0.29, 0.717) is 18.7 Å². The normalized spacial score (nSPS) is 16.8. The number of aryl methyl sites for hydroxylation is 1. The molecule has 0 saturated heterocycles. The number of hydrogen-bond donors (Lipinski definition) is 0. The standard InChI is InChI=1S/C16H25FN2O2S/c1-13-8-9-15(12-16(13)17)22(20,21)19(11-10-18(2)3)14-6-4-5-7-14/h8-9,12,14H,4-7,10-11H2,1-3H3. The van der Waals surface area contributed by atoms with Gasteiger partial charge in [0.25, 0.3) is 0 Å². The number of likely N-dealkylation sites (N-methyl/N-ethyl adjacent to an activating group) is 1. The molecule has 1 aromatic carbocycles. The maximum Gasteiger partial charge on any atom is 0.243 e. The Morgan fingerprint density at radius 2 is 1.82 bits per heavy atom. The zero-order valence-electron chi connectivity index (χ0n) is 13.5. The quantitative estimate of drug-likeness (QED) is 0.806. The van der Waals surface area contributed by atoms with Gasteiger partial charge in [-0.2, -0.15) is 4.31 Å². The van der Waals surface area contributed by atoms with Crippen LogP contribution >= 0.6 is 0 Å². The Kier molecular flexibility index (Phi) is 5.58. The summed E-state index contributed by atoms with van der Waals surface area (Å²) in [5, 5.41) is 0. The second-order valence-corrected chi connectivity index (χ2v) is 8.16. The number of nitrogens with zero attached hydrogens (tertiary/aromatic N) is 2. The molecule has 1 fully saturated rings. The van der Waals surface area contributed by atoms with E-state index in [1.54, 1.807) is 11.2 Å². The molecule has 4 nitrogen and oxygen atoms in total. The molecular weight excluding hydrogens is 303 g/mol. The fourth-order valence-electron chi connectivity index (χ4n) is 2.86. The summed E-state index contributed by atoms with van der Waals surface area (Å²) in [5.74, 6) is -0.472. The lowest BCUT2D eigenvalue weighted by molar-refractivity contribution is 0.282. The van der Waals surface area contributed by atoms with Gasteiger partial charge in [-0.05, 0) is 51.6 Å². The molecule has 0 amide bonds. The third-order valence-electron chi connectivity index (χ3n) is 4.25. The van der Waals surface area contributed by atoms with E-state index >= 15 is 0 Å². The summed E-state index contributed by atoms with van der Waals surface area (Å²) in [7, 11) is 0.190. The minimum atomic E-state index is -3.65. The average Bonchev–Trinajstić information content (AvgIpc) is 2.95. The highest BCUT2D eigenvalue weighted by molar-refractivity contribution is 7.89. The molecule has 0 unspecified atom stereocenters. The predicted molar refractivity (Wildman–Crippen MR) is 85.8 cm³/mol. The lowest BCUT2D eigenvalue weighted by Gasteiger charge is -2.29. The van der Waals surface area contributed by atoms with Crippen molar-refractivity contribution < 1.29 is 12.8 Å². The molecule has 1 saturated carbocycles. The Hall–Kier alpha value is -0.980. The molecule has 22 heavy (non-hydrogen) atoms. The van der Waals surface area contributed by atoms with Gasteiger partial charge in [-0.3, -0.25) is 0 Å². The zero-order chi connectivity index (χ0) is 16.3. The topological polar surface area (TPSA) is 40.6 Å². The van der Waals surface area contributed by atoms with Crippen LogP contribution in [-0.2, 0) is 10.0 Å². The van der Waals surface area contributed by atoms with Crippen LogP contribution in [0, 0.1) is 12.7 Å². The molecular formula is C16H25FN2O2S. The maximum absolute atomic E-state index is 13.8. The highest BCUT2D eigenvalue weighted by Crippen LogP contribution is 2.29. The SMILES string of the molecule is Cc1ccc(S(=O)(=O)N(CCN(C)C)C2CCCC2)cc1F. The van der Waals surface area contributed by atoms with Crippen molar-refractivity contribution in [2.75, 3.05) is 27.2 Å². The van der Waals surface area contributed by atoms with Crippen molar-refractivity contribution in [2.24, 2.45) is 0 Å². The van der Waals surface area contributed by atoms with Gasteiger partial charge >= 0.3 is 0 Å². The Morgan fingerprint density at radius 1 is 1.18 bits per heavy atom. The summed E-state index contributed by atoms with van der Waals surface area (Å²) in [6, 6.07) is 4.21. The second-order valence-electron chi connectivity index (χ2n) is 6.27. The minimum absolute atomic E-state index is 0.0364. The number of rotatable bonds is 6. The van der Waals surface area contributed by atoms with Gasteiger partial charge in [-0.1, -0.05) is 18.9 Å². The summed E-state index contributed by atoms with van der Waals surface area (Å²) in [5.41, 5.74) is 0.458. The van der Waals surface area contributed by atoms with Crippen molar-refractivity contribution in [1.82, 2.24) is 9.21 Å². The summed E-state index contributed by atoms with van der Waals surface area (Å²) in [6.45, 7) is 2.73. The molecule has 1 aromatic rings. The number of halogens is 1. The average molecular weight is 328 g/mol. The Balaban J connectivity index is 2.32. The molecule has 0 aromatic heterocycles. The summed E-state index contributed by atoms with van der Waals surface area (Å²) in [4.78, 5) is 2.02. The second kappa shape index (κ2) is 7.06. The third kappa shape index (κ3) is 3.86. The first-order valence-electron chi connectivity index (χ1n) is 7.75. The Labute approximate surface area is 133 Å². The predicted octanol–water partition coefficient (Wildman–Crippen LogP) is 2.63. The number of benzene rings is 1. The molecule has 0 spiro atoms. The van der Waals surface area contributed by atoms with Crippen LogP contribution < -0.4 is 0 Å². The molecule has 1 aliphatic rings. The van der Waals surface area contributed by atoms with Crippen molar-refractivity contribution in [2.45, 2.75) is 43.5 Å². The van der Waals surface area contributed by atoms with Gasteiger partial charge in [-0.15, -0.1) is 0 Å². The monoisotopic (exact) mass is 328 g/mol. The van der Waals surface area contributed by atoms with E-state index in [2.05, 4.69) is 0 Å². The van der Waals surface area contributed by atoms with E-state index in [1.165, 1.54) is 12.1 Å². The Morgan fingerprint density at radius 3 is 2.36 bits per heavy atom. The fourth-order valence-corrected chi connectivity index (χ4v) is 4.55. The van der Waals surface area contributed by atoms with Crippen LogP contribution in [0.5, 0.6) is 0 Å². The van der Waals surface area contributed by atoms with Gasteiger partial charge in [0.15, 0.2) is 0 Å². The zero-order valence-corrected chi connectivity index (χ0v) is 14.4. The van der Waals surface area contributed by atoms with Gasteiger partial charge < -0.3 is 4.90 Å². The van der Waals surface area contributed by atoms with Crippen molar-refractivity contribution >= 4 is 10.0 Å². The van der Waals surface area contributed by atoms with Crippen LogP contribution in [0.25, 0.3) is 0 Å². The first-order valence-corrected chi connectivity index (χ1v) is 9.19. The van der Waals surface area contributed by atoms with Gasteiger partial charge in [0.1, 0.15) is 5.82 Å². The first kappa shape index (κ1) is 17.4. The fraction of sp³-hybridized carbons (Fsp3) is 0.625. The third-order valence-corrected chi connectivity index (χ3v) is 6.20. The van der Waals surface area contributed by atoms with Crippen LogP contribution in [0.4, 0.5) is 4.39 Å². The molecule has 0 radical (unpaired) electrons. The van der Waals surface area contributed by atoms with Gasteiger partial charge in [0.2, 0.25) is 10.0 Å². The molecule has 2 rings (SSSR count). The van der Waals surface area contributed by atoms with E-state index in [1.807, 2.05) is 19.0 Å². The van der Waals surface area contributed by atoms with E-state index in [9.17, 15) is 12.8 Å². The molecule has 0 heterocycles. The van der Waals surface area contributed by atoms with E-state index in [4.69, 9.17) is 0 Å². The van der Waals surface area contributed by atoms with Crippen LogP contribution in [0.15, 0.2) is 23.1 Å². The van der Waals surface area contributed by atoms with Crippen LogP contribution in [-0.4, -0.2) is 50.8 Å². The van der Waals surface area contributed by atoms with Gasteiger partial charge in [0.05, 0.1) is 4.90 Å². The van der Waals surface area contributed by atoms with Crippen LogP contribution in [0.3, 0.4) is 0 Å². The van der Waals surface area contributed by atoms with E-state index in [-0.39, 0.29) is 10.9 Å². The van der Waals surface area contributed by atoms with Gasteiger partial charge in [-0.25, -0.2) is 12.8 Å². The molecule has 0 atom stereocenters. The minimum Gasteiger partial charge on any atom is -0.308 e. The summed E-state index contributed by atoms with van der Waals surface area (Å²) in [6.07, 6.45) is 3.89. The molecule has 0 aliphatic heterocycles. The van der Waals surface area contributed by atoms with Crippen molar-refractivity contribution in [3.63, 3.8) is 0 Å². The molecule has 1 aliphatic carbocycles. The highest BCUT2D eigenvalue weighted by Gasteiger charge is 2.33. The smallest absolute Gasteiger partial charge is 0.243 e. The Bertz CT molecular complexity index is 611. The lowest BCUT2D eigenvalue weighted by Crippen LogP contribution is -2.42. The maximum atomic E-state index is 13.8. The molecule has 6 heteroatoms. The van der Waals surface area contributed by atoms with Crippen molar-refractivity contribution in [1.29, 1.82) is 0 Å². The van der Waals surface area contributed by atoms with E-state index < -0.39 is 15.8 Å². The molecule has 0 N–H and O–H groups in total. The molecule has 0 bridgehead atoms. The highest BCUT2D eigenvalue weighted by atomic mass is 32.2. The van der Waals surface area contributed by atoms with Gasteiger partial charge in [0, 0.05) is 19.1 Å². The molecule has 124 valence electrons. The lowest BCUT2D eigenvalue weighted by atomic mass is 10.2. The number of sulfonamides is 1. The summed E-state index contributed by atoms with van der Waals surface area (Å²) < 4.78 is 41.2. The largest absolute Gasteiger partial charge is 0.308 e. The van der Waals surface area contributed by atoms with Crippen LogP contribution in [0.2, 0.25) is 0 Å². The van der Waals surface area contributed by atoms with Crippen molar-refractivity contribution in [3.8, 4) is 0 Å². The summed E-state index contributed by atoms with van der Waals surface area (Å²) >= 11 is 0. The van der Waals surface area contributed by atoms with Crippen LogP contribution in [0.1, 0.15) is 31.2 Å².